The summed E-state index contributed by atoms with van der Waals surface area (Å²) in [6.07, 6.45) is 1.06. The third kappa shape index (κ3) is 3.01. The maximum Gasteiger partial charge on any atom is 0.413 e. The fourth-order valence-electron chi connectivity index (χ4n) is 1.82. The van der Waals surface area contributed by atoms with Crippen molar-refractivity contribution < 1.29 is 9.53 Å². The van der Waals surface area contributed by atoms with Crippen molar-refractivity contribution in [1.29, 1.82) is 0 Å². The molecule has 2 aromatic heterocycles. The topological polar surface area (TPSA) is 68.5 Å². The van der Waals surface area contributed by atoms with Gasteiger partial charge in [0.05, 0.1) is 6.20 Å². The Morgan fingerprint density at radius 3 is 2.68 bits per heavy atom. The Hall–Kier alpha value is -2.11. The molecule has 0 radical (unpaired) electrons. The van der Waals surface area contributed by atoms with E-state index in [4.69, 9.17) is 4.74 Å². The molecule has 0 atom stereocenters. The van der Waals surface area contributed by atoms with Gasteiger partial charge in [0.2, 0.25) is 5.78 Å². The molecule has 0 aromatic carbocycles. The summed E-state index contributed by atoms with van der Waals surface area (Å²) in [5, 5.41) is 2.68. The minimum atomic E-state index is -0.533. The number of carbonyl (C=O) groups excluding carboxylic acids is 1. The number of aryl methyl sites for hydroxylation is 2. The highest BCUT2D eigenvalue weighted by molar-refractivity contribution is 5.84. The lowest BCUT2D eigenvalue weighted by Gasteiger charge is -2.19. The van der Waals surface area contributed by atoms with Gasteiger partial charge in [0.25, 0.3) is 0 Å². The van der Waals surface area contributed by atoms with Crippen LogP contribution in [0.25, 0.3) is 5.78 Å². The van der Waals surface area contributed by atoms with E-state index in [-0.39, 0.29) is 0 Å². The van der Waals surface area contributed by atoms with E-state index in [2.05, 4.69) is 15.3 Å². The third-order valence-electron chi connectivity index (χ3n) is 2.42. The normalized spacial score (nSPS) is 11.6. The second-order valence-electron chi connectivity index (χ2n) is 5.44. The van der Waals surface area contributed by atoms with Crippen molar-refractivity contribution >= 4 is 17.7 Å². The van der Waals surface area contributed by atoms with Gasteiger partial charge in [-0.05, 0) is 40.7 Å². The molecule has 6 heteroatoms. The number of hydrogen-bond acceptors (Lipinski definition) is 4. The number of hydrogen-bond donors (Lipinski definition) is 1. The minimum Gasteiger partial charge on any atom is -0.444 e. The summed E-state index contributed by atoms with van der Waals surface area (Å²) < 4.78 is 6.99. The number of imidazole rings is 1. The van der Waals surface area contributed by atoms with Crippen LogP contribution in [0.2, 0.25) is 0 Å². The molecular weight excluding hydrogens is 244 g/mol. The monoisotopic (exact) mass is 262 g/mol. The van der Waals surface area contributed by atoms with E-state index in [0.29, 0.717) is 11.6 Å². The van der Waals surface area contributed by atoms with Crippen LogP contribution in [-0.4, -0.2) is 26.1 Å². The highest BCUT2D eigenvalue weighted by atomic mass is 16.6. The molecule has 2 rings (SSSR count). The van der Waals surface area contributed by atoms with Gasteiger partial charge in [0, 0.05) is 11.4 Å². The Bertz CT molecular complexity index is 625. The lowest BCUT2D eigenvalue weighted by molar-refractivity contribution is 0.0635. The Morgan fingerprint density at radius 1 is 1.37 bits per heavy atom. The van der Waals surface area contributed by atoms with Crippen LogP contribution >= 0.6 is 0 Å². The number of amides is 1. The highest BCUT2D eigenvalue weighted by Crippen LogP contribution is 2.16. The standard InChI is InChI=1S/C13H18N4O2/c1-8-6-9(2)17-10(7-14-11(17)15-8)16-12(18)19-13(3,4)5/h6-7H,1-5H3,(H,16,18). The summed E-state index contributed by atoms with van der Waals surface area (Å²) in [7, 11) is 0. The van der Waals surface area contributed by atoms with Crippen LogP contribution in [0.15, 0.2) is 12.3 Å². The summed E-state index contributed by atoms with van der Waals surface area (Å²) in [5.41, 5.74) is 1.31. The lowest BCUT2D eigenvalue weighted by atomic mass is 10.2. The predicted octanol–water partition coefficient (Wildman–Crippen LogP) is 2.69. The van der Waals surface area contributed by atoms with E-state index in [1.54, 1.807) is 10.6 Å². The van der Waals surface area contributed by atoms with Crippen molar-refractivity contribution in [3.8, 4) is 0 Å². The van der Waals surface area contributed by atoms with Gasteiger partial charge in [0.1, 0.15) is 11.4 Å². The van der Waals surface area contributed by atoms with E-state index in [1.807, 2.05) is 40.7 Å². The van der Waals surface area contributed by atoms with Crippen LogP contribution < -0.4 is 5.32 Å². The van der Waals surface area contributed by atoms with Gasteiger partial charge < -0.3 is 4.74 Å². The maximum absolute atomic E-state index is 11.8. The van der Waals surface area contributed by atoms with Crippen molar-refractivity contribution in [2.45, 2.75) is 40.2 Å². The first-order valence-corrected chi connectivity index (χ1v) is 6.08. The lowest BCUT2D eigenvalue weighted by Crippen LogP contribution is -2.27. The molecule has 0 bridgehead atoms. The van der Waals surface area contributed by atoms with E-state index < -0.39 is 11.7 Å². The zero-order valence-corrected chi connectivity index (χ0v) is 11.8. The van der Waals surface area contributed by atoms with Crippen LogP contribution in [0.4, 0.5) is 10.6 Å². The molecule has 0 unspecified atom stereocenters. The van der Waals surface area contributed by atoms with Crippen molar-refractivity contribution in [3.05, 3.63) is 23.7 Å². The smallest absolute Gasteiger partial charge is 0.413 e. The Morgan fingerprint density at radius 2 is 2.05 bits per heavy atom. The molecule has 2 aromatic rings. The van der Waals surface area contributed by atoms with Crippen LogP contribution in [0.1, 0.15) is 32.2 Å². The number of rotatable bonds is 1. The minimum absolute atomic E-state index is 0.505. The van der Waals surface area contributed by atoms with E-state index in [0.717, 1.165) is 11.4 Å². The molecule has 102 valence electrons. The van der Waals surface area contributed by atoms with Gasteiger partial charge in [-0.1, -0.05) is 0 Å². The average molecular weight is 262 g/mol. The second kappa shape index (κ2) is 4.53. The molecule has 0 fully saturated rings. The highest BCUT2D eigenvalue weighted by Gasteiger charge is 2.18. The van der Waals surface area contributed by atoms with Gasteiger partial charge in [-0.2, -0.15) is 0 Å². The van der Waals surface area contributed by atoms with Crippen molar-refractivity contribution in [3.63, 3.8) is 0 Å². The van der Waals surface area contributed by atoms with Crippen LogP contribution in [0.5, 0.6) is 0 Å². The number of anilines is 1. The Balaban J connectivity index is 2.29. The van der Waals surface area contributed by atoms with Crippen molar-refractivity contribution in [2.75, 3.05) is 5.32 Å². The first kappa shape index (κ1) is 13.3. The van der Waals surface area contributed by atoms with Crippen LogP contribution in [0.3, 0.4) is 0 Å². The van der Waals surface area contributed by atoms with Gasteiger partial charge in [-0.25, -0.2) is 14.8 Å². The van der Waals surface area contributed by atoms with Gasteiger partial charge in [-0.3, -0.25) is 9.72 Å². The quantitative estimate of drug-likeness (QED) is 0.858. The zero-order valence-electron chi connectivity index (χ0n) is 11.8. The summed E-state index contributed by atoms with van der Waals surface area (Å²) in [6, 6.07) is 1.93. The number of carbonyl (C=O) groups is 1. The molecule has 0 aliphatic heterocycles. The summed E-state index contributed by atoms with van der Waals surface area (Å²) in [6.45, 7) is 9.29. The first-order chi connectivity index (χ1) is 8.76. The van der Waals surface area contributed by atoms with Crippen molar-refractivity contribution in [2.24, 2.45) is 0 Å². The van der Waals surface area contributed by atoms with Gasteiger partial charge in [0.15, 0.2) is 0 Å². The molecule has 1 amide bonds. The average Bonchev–Trinajstić information content (AvgIpc) is 2.57. The van der Waals surface area contributed by atoms with Crippen LogP contribution in [-0.2, 0) is 4.74 Å². The predicted molar refractivity (Wildman–Crippen MR) is 72.3 cm³/mol. The molecule has 0 aliphatic rings. The number of ether oxygens (including phenoxy) is 1. The largest absolute Gasteiger partial charge is 0.444 e. The molecule has 1 N–H and O–H groups in total. The number of nitrogens with zero attached hydrogens (tertiary/aromatic N) is 3. The molecule has 0 spiro atoms. The van der Waals surface area contributed by atoms with E-state index >= 15 is 0 Å². The molecule has 2 heterocycles. The molecule has 0 saturated heterocycles. The summed E-state index contributed by atoms with van der Waals surface area (Å²) >= 11 is 0. The molecular formula is C13H18N4O2. The molecule has 0 aliphatic carbocycles. The summed E-state index contributed by atoms with van der Waals surface area (Å²) in [5.74, 6) is 1.11. The van der Waals surface area contributed by atoms with E-state index in [9.17, 15) is 4.79 Å². The number of nitrogens with one attached hydrogen (secondary N) is 1. The molecule has 0 saturated carbocycles. The second-order valence-corrected chi connectivity index (χ2v) is 5.44. The fraction of sp³-hybridized carbons (Fsp3) is 0.462. The number of aromatic nitrogens is 3. The SMILES string of the molecule is Cc1cc(C)n2c(NC(=O)OC(C)(C)C)cnc2n1. The first-order valence-electron chi connectivity index (χ1n) is 6.08. The molecule has 6 nitrogen and oxygen atoms in total. The van der Waals surface area contributed by atoms with Crippen LogP contribution in [0, 0.1) is 13.8 Å². The van der Waals surface area contributed by atoms with Gasteiger partial charge in [-0.15, -0.1) is 0 Å². The Labute approximate surface area is 111 Å². The zero-order chi connectivity index (χ0) is 14.2. The van der Waals surface area contributed by atoms with Gasteiger partial charge >= 0.3 is 6.09 Å². The van der Waals surface area contributed by atoms with E-state index in [1.165, 1.54) is 0 Å². The fourth-order valence-corrected chi connectivity index (χ4v) is 1.82. The third-order valence-corrected chi connectivity index (χ3v) is 2.42. The van der Waals surface area contributed by atoms with Crippen molar-refractivity contribution in [1.82, 2.24) is 14.4 Å². The Kier molecular flexibility index (Phi) is 3.18. The number of fused-ring (bicyclic) bond motifs is 1. The maximum atomic E-state index is 11.8. The molecule has 19 heavy (non-hydrogen) atoms. The summed E-state index contributed by atoms with van der Waals surface area (Å²) in [4.78, 5) is 20.2.